The Kier molecular flexibility index (Phi) is 7.37. The molecule has 1 saturated carbocycles. The molecule has 0 aromatic carbocycles. The summed E-state index contributed by atoms with van der Waals surface area (Å²) >= 11 is 0. The number of sulfone groups is 1. The van der Waals surface area contributed by atoms with Crippen molar-refractivity contribution in [3.8, 4) is 0 Å². The molecule has 154 valence electrons. The van der Waals surface area contributed by atoms with Gasteiger partial charge in [0.15, 0.2) is 9.84 Å². The Morgan fingerprint density at radius 2 is 1.74 bits per heavy atom. The number of amides is 1. The highest BCUT2D eigenvalue weighted by Gasteiger charge is 2.32. The summed E-state index contributed by atoms with van der Waals surface area (Å²) in [5, 5.41) is 0. The third-order valence-electron chi connectivity index (χ3n) is 5.76. The van der Waals surface area contributed by atoms with E-state index >= 15 is 0 Å². The summed E-state index contributed by atoms with van der Waals surface area (Å²) < 4.78 is 29.3. The molecule has 1 aliphatic carbocycles. The van der Waals surface area contributed by atoms with E-state index in [1.54, 1.807) is 13.0 Å². The molecule has 2 aliphatic rings. The maximum atomic E-state index is 12.9. The number of carbonyl (C=O) groups excluding carboxylic acids is 1. The molecule has 1 atom stereocenters. The van der Waals surface area contributed by atoms with E-state index in [1.165, 1.54) is 19.8 Å². The fourth-order valence-electron chi connectivity index (χ4n) is 4.04. The van der Waals surface area contributed by atoms with E-state index in [1.807, 2.05) is 11.8 Å². The third-order valence-corrected chi connectivity index (χ3v) is 6.96. The van der Waals surface area contributed by atoms with Gasteiger partial charge >= 0.3 is 0 Å². The van der Waals surface area contributed by atoms with Gasteiger partial charge in [-0.15, -0.1) is 0 Å². The quantitative estimate of drug-likeness (QED) is 0.526. The van der Waals surface area contributed by atoms with Gasteiger partial charge in [0.05, 0.1) is 7.11 Å². The first-order valence-electron chi connectivity index (χ1n) is 9.83. The topological polar surface area (TPSA) is 66.9 Å². The zero-order valence-corrected chi connectivity index (χ0v) is 18.1. The monoisotopic (exact) mass is 398 g/mol. The van der Waals surface area contributed by atoms with Crippen LogP contribution >= 0.6 is 0 Å². The fourth-order valence-corrected chi connectivity index (χ4v) is 5.03. The van der Waals surface area contributed by atoms with Crippen LogP contribution in [0.15, 0.2) is 22.4 Å². The van der Waals surface area contributed by atoms with Crippen molar-refractivity contribution in [2.24, 2.45) is 5.92 Å². The average Bonchev–Trinajstić information content (AvgIpc) is 2.64. The summed E-state index contributed by atoms with van der Waals surface area (Å²) in [5.74, 6) is 0.875. The smallest absolute Gasteiger partial charge is 0.226 e. The lowest BCUT2D eigenvalue weighted by atomic mass is 9.87. The Balaban J connectivity index is 2.09. The Morgan fingerprint density at radius 3 is 2.26 bits per heavy atom. The summed E-state index contributed by atoms with van der Waals surface area (Å²) in [4.78, 5) is 17.2. The molecule has 0 aromatic rings. The Morgan fingerprint density at radius 1 is 1.11 bits per heavy atom. The van der Waals surface area contributed by atoms with Gasteiger partial charge in [-0.2, -0.15) is 0 Å². The molecule has 1 saturated heterocycles. The molecule has 1 amide bonds. The van der Waals surface area contributed by atoms with Crippen LogP contribution < -0.4 is 0 Å². The number of nitrogens with zero attached hydrogens (tertiary/aromatic N) is 2. The first-order chi connectivity index (χ1) is 12.6. The molecule has 2 fully saturated rings. The molecular weight excluding hydrogens is 364 g/mol. The van der Waals surface area contributed by atoms with E-state index in [2.05, 4.69) is 11.8 Å². The van der Waals surface area contributed by atoms with Gasteiger partial charge in [-0.3, -0.25) is 4.79 Å². The number of piperazine rings is 1. The molecule has 2 rings (SSSR count). The van der Waals surface area contributed by atoms with Crippen molar-refractivity contribution >= 4 is 15.7 Å². The molecule has 27 heavy (non-hydrogen) atoms. The number of carbonyl (C=O) groups is 1. The largest absolute Gasteiger partial charge is 0.500 e. The van der Waals surface area contributed by atoms with E-state index in [0.717, 1.165) is 31.4 Å². The number of hydrogen-bond donors (Lipinski definition) is 0. The highest BCUT2D eigenvalue weighted by atomic mass is 32.2. The summed E-state index contributed by atoms with van der Waals surface area (Å²) in [5.41, 5.74) is 0.878. The van der Waals surface area contributed by atoms with Crippen molar-refractivity contribution in [2.45, 2.75) is 58.9 Å². The van der Waals surface area contributed by atoms with Crippen molar-refractivity contribution in [3.05, 3.63) is 22.4 Å². The minimum absolute atomic E-state index is 0.116. The second-order valence-electron chi connectivity index (χ2n) is 7.84. The van der Waals surface area contributed by atoms with Gasteiger partial charge in [0.1, 0.15) is 10.7 Å². The van der Waals surface area contributed by atoms with E-state index in [-0.39, 0.29) is 16.9 Å². The number of ether oxygens (including phenoxy) is 1. The third kappa shape index (κ3) is 5.50. The lowest BCUT2D eigenvalue weighted by Gasteiger charge is -2.43. The molecule has 1 unspecified atom stereocenters. The molecule has 0 aromatic heterocycles. The van der Waals surface area contributed by atoms with Crippen LogP contribution in [0.5, 0.6) is 0 Å². The lowest BCUT2D eigenvalue weighted by molar-refractivity contribution is -0.140. The van der Waals surface area contributed by atoms with Crippen LogP contribution in [0, 0.1) is 5.92 Å². The van der Waals surface area contributed by atoms with E-state index in [9.17, 15) is 13.2 Å². The highest BCUT2D eigenvalue weighted by molar-refractivity contribution is 7.94. The van der Waals surface area contributed by atoms with Gasteiger partial charge in [0, 0.05) is 43.5 Å². The van der Waals surface area contributed by atoms with Gasteiger partial charge in [-0.1, -0.05) is 19.3 Å². The maximum absolute atomic E-state index is 12.9. The molecule has 7 heteroatoms. The van der Waals surface area contributed by atoms with E-state index in [4.69, 9.17) is 4.74 Å². The van der Waals surface area contributed by atoms with Crippen molar-refractivity contribution in [3.63, 3.8) is 0 Å². The van der Waals surface area contributed by atoms with Gasteiger partial charge in [0.2, 0.25) is 5.91 Å². The first-order valence-corrected chi connectivity index (χ1v) is 11.7. The normalized spacial score (nSPS) is 23.9. The number of allylic oxidation sites excluding steroid dienone is 3. The van der Waals surface area contributed by atoms with Crippen molar-refractivity contribution in [1.29, 1.82) is 0 Å². The molecule has 6 nitrogen and oxygen atoms in total. The van der Waals surface area contributed by atoms with Gasteiger partial charge in [-0.05, 0) is 39.7 Å². The molecular formula is C20H34N2O4S. The maximum Gasteiger partial charge on any atom is 0.226 e. The Labute approximate surface area is 164 Å². The van der Waals surface area contributed by atoms with Gasteiger partial charge in [0.25, 0.3) is 0 Å². The summed E-state index contributed by atoms with van der Waals surface area (Å²) in [6, 6.07) is 0.116. The Bertz CT molecular complexity index is 705. The summed E-state index contributed by atoms with van der Waals surface area (Å²) in [6.07, 6.45) is 8.47. The standard InChI is InChI=1S/C20H34N2O4S/c1-15(13-19(17(3)26-4)27(5,24)25)21-11-12-22(16(2)14-21)20(23)18-9-7-6-8-10-18/h13,16,18H,6-12,14H2,1-5H3/b15-13+,19-17-. The average molecular weight is 399 g/mol. The van der Waals surface area contributed by atoms with Crippen LogP contribution in [0.2, 0.25) is 0 Å². The predicted octanol–water partition coefficient (Wildman–Crippen LogP) is 2.93. The van der Waals surface area contributed by atoms with E-state index in [0.29, 0.717) is 31.3 Å². The molecule has 0 bridgehead atoms. The van der Waals surface area contributed by atoms with Crippen molar-refractivity contribution in [1.82, 2.24) is 9.80 Å². The van der Waals surface area contributed by atoms with E-state index < -0.39 is 9.84 Å². The zero-order chi connectivity index (χ0) is 20.2. The Hall–Kier alpha value is -1.50. The first kappa shape index (κ1) is 21.8. The number of rotatable bonds is 5. The van der Waals surface area contributed by atoms with Gasteiger partial charge < -0.3 is 14.5 Å². The molecule has 1 heterocycles. The minimum atomic E-state index is -3.38. The fraction of sp³-hybridized carbons (Fsp3) is 0.750. The van der Waals surface area contributed by atoms with Gasteiger partial charge in [-0.25, -0.2) is 8.42 Å². The van der Waals surface area contributed by atoms with Crippen LogP contribution in [-0.2, 0) is 19.4 Å². The number of methoxy groups -OCH3 is 1. The molecule has 0 radical (unpaired) electrons. The lowest BCUT2D eigenvalue weighted by Crippen LogP contribution is -2.54. The van der Waals surface area contributed by atoms with Crippen LogP contribution in [0.1, 0.15) is 52.9 Å². The van der Waals surface area contributed by atoms with Crippen LogP contribution in [0.25, 0.3) is 0 Å². The predicted molar refractivity (Wildman–Crippen MR) is 108 cm³/mol. The zero-order valence-electron chi connectivity index (χ0n) is 17.3. The van der Waals surface area contributed by atoms with Crippen molar-refractivity contribution in [2.75, 3.05) is 33.0 Å². The molecule has 0 N–H and O–H groups in total. The molecule has 1 aliphatic heterocycles. The van der Waals surface area contributed by atoms with Crippen LogP contribution in [0.4, 0.5) is 0 Å². The second-order valence-corrected chi connectivity index (χ2v) is 9.83. The van der Waals surface area contributed by atoms with Crippen molar-refractivity contribution < 1.29 is 17.9 Å². The highest BCUT2D eigenvalue weighted by Crippen LogP contribution is 2.27. The molecule has 0 spiro atoms. The summed E-state index contributed by atoms with van der Waals surface area (Å²) in [7, 11) is -1.90. The second kappa shape index (κ2) is 9.13. The number of hydrogen-bond acceptors (Lipinski definition) is 5. The SMILES string of the molecule is CO/C(C)=C(/C=C(\C)N1CCN(C(=O)C2CCCCC2)C(C)C1)S(C)(=O)=O. The van der Waals surface area contributed by atoms with Crippen LogP contribution in [-0.4, -0.2) is 63.2 Å². The summed E-state index contributed by atoms with van der Waals surface area (Å²) in [6.45, 7) is 7.76. The van der Waals surface area contributed by atoms with Crippen LogP contribution in [0.3, 0.4) is 0 Å². The minimum Gasteiger partial charge on any atom is -0.500 e.